The molecule has 1 aromatic rings. The molecule has 0 aliphatic carbocycles. The quantitative estimate of drug-likeness (QED) is 0.755. The first-order valence-corrected chi connectivity index (χ1v) is 6.38. The lowest BCUT2D eigenvalue weighted by atomic mass is 10.1. The minimum atomic E-state index is -0.232. The van der Waals surface area contributed by atoms with E-state index in [1.807, 2.05) is 19.9 Å². The van der Waals surface area contributed by atoms with Crippen molar-refractivity contribution in [3.05, 3.63) is 29.6 Å². The van der Waals surface area contributed by atoms with Crippen LogP contribution in [-0.4, -0.2) is 25.3 Å². The molecule has 0 bridgehead atoms. The van der Waals surface area contributed by atoms with E-state index in [-0.39, 0.29) is 18.0 Å². The van der Waals surface area contributed by atoms with Crippen molar-refractivity contribution in [2.75, 3.05) is 18.0 Å². The second-order valence-electron chi connectivity index (χ2n) is 4.61. The van der Waals surface area contributed by atoms with Crippen LogP contribution < -0.4 is 4.90 Å². The number of ether oxygens (including phenoxy) is 1. The number of nitrogens with zero attached hydrogens (tertiary/aromatic N) is 1. The zero-order valence-electron chi connectivity index (χ0n) is 10.1. The average Bonchev–Trinajstić information content (AvgIpc) is 2.26. The molecule has 1 saturated heterocycles. The zero-order valence-corrected chi connectivity index (χ0v) is 10.9. The van der Waals surface area contributed by atoms with Gasteiger partial charge < -0.3 is 9.64 Å². The molecule has 1 aliphatic rings. The largest absolute Gasteiger partial charge is 0.372 e. The van der Waals surface area contributed by atoms with Gasteiger partial charge in [-0.25, -0.2) is 4.39 Å². The molecule has 1 heterocycles. The Hall–Kier alpha value is -0.800. The topological polar surface area (TPSA) is 12.5 Å². The monoisotopic (exact) mass is 257 g/mol. The fraction of sp³-hybridized carbons (Fsp3) is 0.538. The summed E-state index contributed by atoms with van der Waals surface area (Å²) < 4.78 is 19.1. The van der Waals surface area contributed by atoms with E-state index in [2.05, 4.69) is 4.90 Å². The summed E-state index contributed by atoms with van der Waals surface area (Å²) in [5, 5.41) is 0. The predicted molar refractivity (Wildman–Crippen MR) is 68.2 cm³/mol. The summed E-state index contributed by atoms with van der Waals surface area (Å²) in [4.78, 5) is 2.15. The lowest BCUT2D eigenvalue weighted by molar-refractivity contribution is -0.00523. The van der Waals surface area contributed by atoms with Crippen LogP contribution in [0.25, 0.3) is 0 Å². The average molecular weight is 258 g/mol. The standard InChI is InChI=1S/C13H17ClFNO/c1-9-7-16(8-10(2)17-9)13-4-11(6-14)3-12(15)5-13/h3-5,9-10H,6-8H2,1-2H3. The smallest absolute Gasteiger partial charge is 0.125 e. The van der Waals surface area contributed by atoms with E-state index >= 15 is 0 Å². The number of rotatable bonds is 2. The third-order valence-corrected chi connectivity index (χ3v) is 3.19. The van der Waals surface area contributed by atoms with Crippen molar-refractivity contribution in [2.45, 2.75) is 31.9 Å². The molecule has 94 valence electrons. The Balaban J connectivity index is 2.23. The third-order valence-electron chi connectivity index (χ3n) is 2.88. The molecular weight excluding hydrogens is 241 g/mol. The maximum atomic E-state index is 13.4. The van der Waals surface area contributed by atoms with Crippen LogP contribution in [0.3, 0.4) is 0 Å². The molecule has 1 aliphatic heterocycles. The van der Waals surface area contributed by atoms with Crippen LogP contribution in [0.1, 0.15) is 19.4 Å². The van der Waals surface area contributed by atoms with Crippen molar-refractivity contribution in [2.24, 2.45) is 0 Å². The number of alkyl halides is 1. The lowest BCUT2D eigenvalue weighted by Crippen LogP contribution is -2.45. The molecule has 1 fully saturated rings. The van der Waals surface area contributed by atoms with Crippen molar-refractivity contribution < 1.29 is 9.13 Å². The van der Waals surface area contributed by atoms with Gasteiger partial charge in [0.05, 0.1) is 12.2 Å². The van der Waals surface area contributed by atoms with Crippen LogP contribution in [-0.2, 0) is 10.6 Å². The van der Waals surface area contributed by atoms with Crippen LogP contribution in [0.4, 0.5) is 10.1 Å². The van der Waals surface area contributed by atoms with Gasteiger partial charge in [-0.05, 0) is 37.6 Å². The van der Waals surface area contributed by atoms with E-state index in [4.69, 9.17) is 16.3 Å². The van der Waals surface area contributed by atoms with Gasteiger partial charge in [-0.2, -0.15) is 0 Å². The zero-order chi connectivity index (χ0) is 12.4. The Morgan fingerprint density at radius 3 is 2.53 bits per heavy atom. The molecule has 2 atom stereocenters. The molecule has 0 saturated carbocycles. The number of morpholine rings is 1. The van der Waals surface area contributed by atoms with E-state index in [0.717, 1.165) is 24.3 Å². The van der Waals surface area contributed by atoms with Gasteiger partial charge in [0.15, 0.2) is 0 Å². The van der Waals surface area contributed by atoms with Crippen LogP contribution in [0.2, 0.25) is 0 Å². The molecule has 2 nitrogen and oxygen atoms in total. The fourth-order valence-electron chi connectivity index (χ4n) is 2.28. The Morgan fingerprint density at radius 2 is 1.94 bits per heavy atom. The molecule has 0 N–H and O–H groups in total. The molecule has 0 amide bonds. The number of hydrogen-bond acceptors (Lipinski definition) is 2. The van der Waals surface area contributed by atoms with Crippen molar-refractivity contribution in [3.63, 3.8) is 0 Å². The van der Waals surface area contributed by atoms with E-state index in [0.29, 0.717) is 5.88 Å². The molecule has 2 rings (SSSR count). The minimum absolute atomic E-state index is 0.168. The van der Waals surface area contributed by atoms with Gasteiger partial charge >= 0.3 is 0 Å². The van der Waals surface area contributed by atoms with Crippen molar-refractivity contribution >= 4 is 17.3 Å². The summed E-state index contributed by atoms with van der Waals surface area (Å²) in [6.45, 7) is 5.64. The lowest BCUT2D eigenvalue weighted by Gasteiger charge is -2.37. The number of benzene rings is 1. The van der Waals surface area contributed by atoms with E-state index in [1.54, 1.807) is 6.07 Å². The minimum Gasteiger partial charge on any atom is -0.372 e. The number of anilines is 1. The summed E-state index contributed by atoms with van der Waals surface area (Å²) in [5.41, 5.74) is 1.70. The molecule has 4 heteroatoms. The molecule has 0 radical (unpaired) electrons. The van der Waals surface area contributed by atoms with Crippen LogP contribution in [0.15, 0.2) is 18.2 Å². The summed E-state index contributed by atoms with van der Waals surface area (Å²) in [5.74, 6) is 0.102. The predicted octanol–water partition coefficient (Wildman–Crippen LogP) is 3.18. The summed E-state index contributed by atoms with van der Waals surface area (Å²) in [6.07, 6.45) is 0.336. The highest BCUT2D eigenvalue weighted by molar-refractivity contribution is 6.17. The van der Waals surface area contributed by atoms with Gasteiger partial charge in [0, 0.05) is 24.7 Å². The van der Waals surface area contributed by atoms with E-state index in [1.165, 1.54) is 6.07 Å². The van der Waals surface area contributed by atoms with Crippen molar-refractivity contribution in [1.29, 1.82) is 0 Å². The Kier molecular flexibility index (Phi) is 3.89. The van der Waals surface area contributed by atoms with Crippen LogP contribution in [0, 0.1) is 5.82 Å². The van der Waals surface area contributed by atoms with Crippen LogP contribution in [0.5, 0.6) is 0 Å². The van der Waals surface area contributed by atoms with Gasteiger partial charge in [0.2, 0.25) is 0 Å². The number of halogens is 2. The highest BCUT2D eigenvalue weighted by Crippen LogP contribution is 2.23. The molecule has 1 aromatic carbocycles. The second kappa shape index (κ2) is 5.23. The molecule has 0 aromatic heterocycles. The van der Waals surface area contributed by atoms with Gasteiger partial charge in [0.1, 0.15) is 5.82 Å². The van der Waals surface area contributed by atoms with E-state index in [9.17, 15) is 4.39 Å². The molecule has 17 heavy (non-hydrogen) atoms. The van der Waals surface area contributed by atoms with Crippen molar-refractivity contribution in [1.82, 2.24) is 0 Å². The maximum Gasteiger partial charge on any atom is 0.125 e. The van der Waals surface area contributed by atoms with Gasteiger partial charge in [-0.1, -0.05) is 0 Å². The van der Waals surface area contributed by atoms with Crippen LogP contribution >= 0.6 is 11.6 Å². The highest BCUT2D eigenvalue weighted by Gasteiger charge is 2.22. The SMILES string of the molecule is CC1CN(c2cc(F)cc(CCl)c2)CC(C)O1. The Bertz CT molecular complexity index is 389. The Labute approximate surface area is 106 Å². The van der Waals surface area contributed by atoms with Gasteiger partial charge in [0.25, 0.3) is 0 Å². The van der Waals surface area contributed by atoms with E-state index < -0.39 is 0 Å². The van der Waals surface area contributed by atoms with Gasteiger partial charge in [-0.15, -0.1) is 11.6 Å². The molecular formula is C13H17ClFNO. The normalized spacial score (nSPS) is 25.1. The summed E-state index contributed by atoms with van der Waals surface area (Å²) >= 11 is 5.76. The first kappa shape index (κ1) is 12.7. The number of hydrogen-bond donors (Lipinski definition) is 0. The summed E-state index contributed by atoms with van der Waals surface area (Å²) in [7, 11) is 0. The third kappa shape index (κ3) is 3.11. The fourth-order valence-corrected chi connectivity index (χ4v) is 2.44. The summed E-state index contributed by atoms with van der Waals surface area (Å²) in [6, 6.07) is 4.98. The first-order chi connectivity index (χ1) is 8.08. The first-order valence-electron chi connectivity index (χ1n) is 5.84. The van der Waals surface area contributed by atoms with Crippen molar-refractivity contribution in [3.8, 4) is 0 Å². The maximum absolute atomic E-state index is 13.4. The molecule has 2 unspecified atom stereocenters. The van der Waals surface area contributed by atoms with Gasteiger partial charge in [-0.3, -0.25) is 0 Å². The Morgan fingerprint density at radius 1 is 1.29 bits per heavy atom. The molecule has 0 spiro atoms. The second-order valence-corrected chi connectivity index (χ2v) is 4.88. The highest BCUT2D eigenvalue weighted by atomic mass is 35.5.